The van der Waals surface area contributed by atoms with Gasteiger partial charge >= 0.3 is 6.01 Å². The minimum atomic E-state index is 0.225. The lowest BCUT2D eigenvalue weighted by Gasteiger charge is -2.32. The number of aryl methyl sites for hydroxylation is 2. The highest BCUT2D eigenvalue weighted by Crippen LogP contribution is 2.22. The van der Waals surface area contributed by atoms with Crippen LogP contribution in [0.2, 0.25) is 0 Å². The molecule has 0 bridgehead atoms. The van der Waals surface area contributed by atoms with Crippen molar-refractivity contribution >= 4 is 11.9 Å². The van der Waals surface area contributed by atoms with Gasteiger partial charge in [0.2, 0.25) is 5.91 Å². The van der Waals surface area contributed by atoms with Gasteiger partial charge in [0.15, 0.2) is 5.82 Å². The van der Waals surface area contributed by atoms with Gasteiger partial charge in [0.05, 0.1) is 0 Å². The number of likely N-dealkylation sites (tertiary alicyclic amines) is 1. The summed E-state index contributed by atoms with van der Waals surface area (Å²) in [5.74, 6) is 1.61. The van der Waals surface area contributed by atoms with Crippen molar-refractivity contribution in [3.8, 4) is 0 Å². The zero-order valence-corrected chi connectivity index (χ0v) is 15.0. The number of carbonyl (C=O) groups excluding carboxylic acids is 1. The Bertz CT molecular complexity index is 658. The van der Waals surface area contributed by atoms with E-state index in [4.69, 9.17) is 4.52 Å². The number of rotatable bonds is 7. The van der Waals surface area contributed by atoms with E-state index in [1.807, 2.05) is 36.2 Å². The second-order valence-electron chi connectivity index (χ2n) is 6.77. The summed E-state index contributed by atoms with van der Waals surface area (Å²) in [7, 11) is 3.77. The van der Waals surface area contributed by atoms with Crippen LogP contribution in [0.4, 0.5) is 6.01 Å². The lowest BCUT2D eigenvalue weighted by Crippen LogP contribution is -2.38. The summed E-state index contributed by atoms with van der Waals surface area (Å²) in [6, 6.07) is 2.42. The number of anilines is 1. The van der Waals surface area contributed by atoms with E-state index in [0.717, 1.165) is 44.6 Å². The minimum absolute atomic E-state index is 0.225. The lowest BCUT2D eigenvalue weighted by molar-refractivity contribution is -0.132. The van der Waals surface area contributed by atoms with Crippen LogP contribution in [-0.4, -0.2) is 57.9 Å². The van der Waals surface area contributed by atoms with Gasteiger partial charge in [-0.25, -0.2) is 0 Å². The van der Waals surface area contributed by atoms with Gasteiger partial charge in [-0.1, -0.05) is 5.16 Å². The van der Waals surface area contributed by atoms with Gasteiger partial charge in [-0.15, -0.1) is 0 Å². The smallest absolute Gasteiger partial charge is 0.323 e. The molecule has 1 amide bonds. The molecule has 0 saturated carbocycles. The largest absolute Gasteiger partial charge is 0.343 e. The molecular formula is C17H26N6O2. The van der Waals surface area contributed by atoms with E-state index in [0.29, 0.717) is 24.9 Å². The summed E-state index contributed by atoms with van der Waals surface area (Å²) in [4.78, 5) is 20.4. The highest BCUT2D eigenvalue weighted by Gasteiger charge is 2.23. The van der Waals surface area contributed by atoms with Gasteiger partial charge in [0.25, 0.3) is 0 Å². The average molecular weight is 346 g/mol. The molecule has 1 saturated heterocycles. The van der Waals surface area contributed by atoms with Gasteiger partial charge < -0.3 is 14.3 Å². The summed E-state index contributed by atoms with van der Waals surface area (Å²) in [6.07, 6.45) is 8.11. The predicted octanol–water partition coefficient (Wildman–Crippen LogP) is 1.59. The number of aromatic nitrogens is 4. The van der Waals surface area contributed by atoms with Gasteiger partial charge in [-0.3, -0.25) is 9.48 Å². The molecule has 1 fully saturated rings. The first kappa shape index (κ1) is 17.4. The molecule has 2 aromatic rings. The quantitative estimate of drug-likeness (QED) is 0.757. The van der Waals surface area contributed by atoms with Crippen LogP contribution in [-0.2, 0) is 17.8 Å². The average Bonchev–Trinajstić information content (AvgIpc) is 3.30. The Hall–Kier alpha value is -2.38. The monoisotopic (exact) mass is 346 g/mol. The van der Waals surface area contributed by atoms with E-state index in [1.165, 1.54) is 0 Å². The summed E-state index contributed by atoms with van der Waals surface area (Å²) >= 11 is 0. The van der Waals surface area contributed by atoms with E-state index in [2.05, 4.69) is 15.2 Å². The summed E-state index contributed by atoms with van der Waals surface area (Å²) < 4.78 is 6.98. The van der Waals surface area contributed by atoms with E-state index < -0.39 is 0 Å². The number of carbonyl (C=O) groups is 1. The van der Waals surface area contributed by atoms with Crippen molar-refractivity contribution < 1.29 is 9.32 Å². The topological polar surface area (TPSA) is 80.3 Å². The SMILES string of the molecule is CN(C)c1nc(CCC2CCN(C(=O)CCn3cccn3)CC2)no1. The summed E-state index contributed by atoms with van der Waals surface area (Å²) in [6.45, 7) is 2.34. The third-order valence-electron chi connectivity index (χ3n) is 4.70. The van der Waals surface area contributed by atoms with Crippen LogP contribution in [0.15, 0.2) is 23.0 Å². The van der Waals surface area contributed by atoms with Gasteiger partial charge in [-0.05, 0) is 31.2 Å². The molecule has 0 spiro atoms. The predicted molar refractivity (Wildman–Crippen MR) is 93.1 cm³/mol. The molecule has 0 aliphatic carbocycles. The number of amides is 1. The normalized spacial score (nSPS) is 15.5. The van der Waals surface area contributed by atoms with Gasteiger partial charge in [-0.2, -0.15) is 10.1 Å². The first-order valence-electron chi connectivity index (χ1n) is 8.87. The van der Waals surface area contributed by atoms with Crippen molar-refractivity contribution in [3.05, 3.63) is 24.3 Å². The molecule has 2 aromatic heterocycles. The van der Waals surface area contributed by atoms with E-state index in [9.17, 15) is 4.79 Å². The Morgan fingerprint density at radius 2 is 2.16 bits per heavy atom. The zero-order valence-electron chi connectivity index (χ0n) is 15.0. The number of hydrogen-bond donors (Lipinski definition) is 0. The van der Waals surface area contributed by atoms with Crippen LogP contribution in [0.5, 0.6) is 0 Å². The Kier molecular flexibility index (Phi) is 5.67. The highest BCUT2D eigenvalue weighted by molar-refractivity contribution is 5.76. The number of nitrogens with zero attached hydrogens (tertiary/aromatic N) is 6. The van der Waals surface area contributed by atoms with Crippen LogP contribution < -0.4 is 4.90 Å². The van der Waals surface area contributed by atoms with E-state index in [1.54, 1.807) is 10.9 Å². The third kappa shape index (κ3) is 4.80. The molecule has 1 aliphatic rings. The maximum Gasteiger partial charge on any atom is 0.323 e. The Balaban J connectivity index is 1.37. The fourth-order valence-corrected chi connectivity index (χ4v) is 3.13. The molecule has 0 atom stereocenters. The third-order valence-corrected chi connectivity index (χ3v) is 4.70. The lowest BCUT2D eigenvalue weighted by atomic mass is 9.92. The van der Waals surface area contributed by atoms with Crippen LogP contribution in [0.3, 0.4) is 0 Å². The summed E-state index contributed by atoms with van der Waals surface area (Å²) in [5, 5.41) is 8.15. The molecule has 3 heterocycles. The minimum Gasteiger partial charge on any atom is -0.343 e. The van der Waals surface area contributed by atoms with Crippen molar-refractivity contribution in [1.29, 1.82) is 0 Å². The second kappa shape index (κ2) is 8.13. The Morgan fingerprint density at radius 3 is 2.80 bits per heavy atom. The van der Waals surface area contributed by atoms with Crippen molar-refractivity contribution in [3.63, 3.8) is 0 Å². The van der Waals surface area contributed by atoms with Crippen molar-refractivity contribution in [2.24, 2.45) is 5.92 Å². The van der Waals surface area contributed by atoms with Crippen LogP contribution >= 0.6 is 0 Å². The first-order chi connectivity index (χ1) is 12.1. The van der Waals surface area contributed by atoms with Crippen molar-refractivity contribution in [2.75, 3.05) is 32.1 Å². The van der Waals surface area contributed by atoms with E-state index in [-0.39, 0.29) is 5.91 Å². The Morgan fingerprint density at radius 1 is 1.36 bits per heavy atom. The molecule has 25 heavy (non-hydrogen) atoms. The van der Waals surface area contributed by atoms with Crippen LogP contribution in [0, 0.1) is 5.92 Å². The van der Waals surface area contributed by atoms with Gasteiger partial charge in [0.1, 0.15) is 0 Å². The van der Waals surface area contributed by atoms with Crippen molar-refractivity contribution in [1.82, 2.24) is 24.8 Å². The maximum absolute atomic E-state index is 12.3. The zero-order chi connectivity index (χ0) is 17.6. The molecule has 0 aromatic carbocycles. The van der Waals surface area contributed by atoms with Gasteiger partial charge in [0, 0.05) is 59.0 Å². The fraction of sp³-hybridized carbons (Fsp3) is 0.647. The number of hydrogen-bond acceptors (Lipinski definition) is 6. The molecular weight excluding hydrogens is 320 g/mol. The maximum atomic E-state index is 12.3. The first-order valence-corrected chi connectivity index (χ1v) is 8.87. The highest BCUT2D eigenvalue weighted by atomic mass is 16.5. The van der Waals surface area contributed by atoms with Crippen LogP contribution in [0.1, 0.15) is 31.5 Å². The van der Waals surface area contributed by atoms with Crippen LogP contribution in [0.25, 0.3) is 0 Å². The second-order valence-corrected chi connectivity index (χ2v) is 6.77. The molecule has 3 rings (SSSR count). The molecule has 0 N–H and O–H groups in total. The molecule has 0 radical (unpaired) electrons. The van der Waals surface area contributed by atoms with E-state index >= 15 is 0 Å². The molecule has 8 heteroatoms. The molecule has 8 nitrogen and oxygen atoms in total. The molecule has 136 valence electrons. The summed E-state index contributed by atoms with van der Waals surface area (Å²) in [5.41, 5.74) is 0. The molecule has 1 aliphatic heterocycles. The molecule has 0 unspecified atom stereocenters. The van der Waals surface area contributed by atoms with Crippen molar-refractivity contribution in [2.45, 2.75) is 38.6 Å². The standard InChI is InChI=1S/C17H26N6O2/c1-21(2)17-19-15(20-25-17)5-4-14-6-11-22(12-7-14)16(24)8-13-23-10-3-9-18-23/h3,9-10,14H,4-8,11-13H2,1-2H3. The fourth-order valence-electron chi connectivity index (χ4n) is 3.13. The number of piperidine rings is 1. The Labute approximate surface area is 147 Å².